The fourth-order valence-electron chi connectivity index (χ4n) is 3.28. The van der Waals surface area contributed by atoms with Crippen LogP contribution in [0.25, 0.3) is 0 Å². The Labute approximate surface area is 144 Å². The van der Waals surface area contributed by atoms with Gasteiger partial charge in [0.25, 0.3) is 0 Å². The molecule has 2 aliphatic rings. The van der Waals surface area contributed by atoms with Gasteiger partial charge in [0.15, 0.2) is 0 Å². The molecule has 6 nitrogen and oxygen atoms in total. The average Bonchev–Trinajstić information content (AvgIpc) is 2.58. The summed E-state index contributed by atoms with van der Waals surface area (Å²) >= 11 is 0. The molecule has 0 aliphatic heterocycles. The zero-order valence-corrected chi connectivity index (χ0v) is 14.9. The summed E-state index contributed by atoms with van der Waals surface area (Å²) in [6.45, 7) is 4.28. The maximum Gasteiger partial charge on any atom is 0.240 e. The van der Waals surface area contributed by atoms with E-state index < -0.39 is 0 Å². The summed E-state index contributed by atoms with van der Waals surface area (Å²) in [6.07, 6.45) is 9.20. The first-order valence-corrected chi connectivity index (χ1v) is 9.27. The molecule has 2 fully saturated rings. The largest absolute Gasteiger partial charge is 0.273 e. The molecule has 2 aliphatic carbocycles. The van der Waals surface area contributed by atoms with Crippen molar-refractivity contribution < 1.29 is 9.59 Å². The lowest BCUT2D eigenvalue weighted by atomic mass is 9.89. The molecule has 0 aromatic rings. The van der Waals surface area contributed by atoms with Crippen molar-refractivity contribution in [3.63, 3.8) is 0 Å². The van der Waals surface area contributed by atoms with E-state index in [4.69, 9.17) is 0 Å². The van der Waals surface area contributed by atoms with Crippen molar-refractivity contribution in [1.29, 1.82) is 0 Å². The van der Waals surface area contributed by atoms with Crippen LogP contribution in [0, 0.1) is 11.8 Å². The third-order valence-corrected chi connectivity index (χ3v) is 5.01. The molecule has 0 saturated heterocycles. The molecule has 2 N–H and O–H groups in total. The van der Waals surface area contributed by atoms with Crippen LogP contribution in [0.1, 0.15) is 78.1 Å². The van der Waals surface area contributed by atoms with Gasteiger partial charge in [-0.15, -0.1) is 0 Å². The molecule has 2 unspecified atom stereocenters. The maximum absolute atomic E-state index is 11.8. The van der Waals surface area contributed by atoms with Crippen molar-refractivity contribution in [3.05, 3.63) is 0 Å². The zero-order valence-electron chi connectivity index (χ0n) is 14.9. The summed E-state index contributed by atoms with van der Waals surface area (Å²) in [5, 5.41) is 8.46. The maximum atomic E-state index is 11.8. The van der Waals surface area contributed by atoms with Crippen molar-refractivity contribution in [2.45, 2.75) is 78.1 Å². The molecule has 24 heavy (non-hydrogen) atoms. The van der Waals surface area contributed by atoms with Gasteiger partial charge in [-0.3, -0.25) is 9.59 Å². The molecule has 0 aromatic carbocycles. The molecule has 134 valence electrons. The number of carbonyl (C=O) groups excluding carboxylic acids is 2. The van der Waals surface area contributed by atoms with Crippen LogP contribution in [-0.4, -0.2) is 23.2 Å². The van der Waals surface area contributed by atoms with E-state index in [0.29, 0.717) is 11.8 Å². The van der Waals surface area contributed by atoms with Crippen molar-refractivity contribution in [2.24, 2.45) is 22.0 Å². The molecule has 2 atom stereocenters. The molecular formula is C18H30N4O2. The number of rotatable bonds is 5. The lowest BCUT2D eigenvalue weighted by Gasteiger charge is -2.20. The minimum Gasteiger partial charge on any atom is -0.273 e. The number of hydrogen-bond acceptors (Lipinski definition) is 4. The fourth-order valence-corrected chi connectivity index (χ4v) is 3.28. The zero-order chi connectivity index (χ0) is 17.4. The van der Waals surface area contributed by atoms with Crippen LogP contribution in [0.4, 0.5) is 0 Å². The van der Waals surface area contributed by atoms with E-state index in [-0.39, 0.29) is 24.7 Å². The SMILES string of the molecule is CC1CCCC/C1=N\NC(=O)CCC(=O)N/N=C1\CCCCC1C. The van der Waals surface area contributed by atoms with Gasteiger partial charge in [0.1, 0.15) is 0 Å². The van der Waals surface area contributed by atoms with Crippen LogP contribution in [0.2, 0.25) is 0 Å². The van der Waals surface area contributed by atoms with Gasteiger partial charge in [-0.25, -0.2) is 10.9 Å². The third kappa shape index (κ3) is 6.06. The van der Waals surface area contributed by atoms with Crippen molar-refractivity contribution in [3.8, 4) is 0 Å². The predicted octanol–water partition coefficient (Wildman–Crippen LogP) is 3.13. The van der Waals surface area contributed by atoms with Gasteiger partial charge in [-0.2, -0.15) is 10.2 Å². The van der Waals surface area contributed by atoms with Crippen LogP contribution in [-0.2, 0) is 9.59 Å². The summed E-state index contributed by atoms with van der Waals surface area (Å²) < 4.78 is 0. The second-order valence-electron chi connectivity index (χ2n) is 7.07. The van der Waals surface area contributed by atoms with Gasteiger partial charge in [-0.1, -0.05) is 26.7 Å². The number of hydrogen-bond donors (Lipinski definition) is 2. The smallest absolute Gasteiger partial charge is 0.240 e. The van der Waals surface area contributed by atoms with E-state index >= 15 is 0 Å². The van der Waals surface area contributed by atoms with Gasteiger partial charge < -0.3 is 0 Å². The predicted molar refractivity (Wildman–Crippen MR) is 95.7 cm³/mol. The van der Waals surface area contributed by atoms with Crippen molar-refractivity contribution in [2.75, 3.05) is 0 Å². The van der Waals surface area contributed by atoms with Gasteiger partial charge >= 0.3 is 0 Å². The first kappa shape index (κ1) is 18.6. The number of nitrogens with one attached hydrogen (secondary N) is 2. The highest BCUT2D eigenvalue weighted by Crippen LogP contribution is 2.21. The quantitative estimate of drug-likeness (QED) is 0.757. The Morgan fingerprint density at radius 3 is 1.62 bits per heavy atom. The Hall–Kier alpha value is -1.72. The molecule has 2 amide bonds. The number of nitrogens with zero attached hydrogens (tertiary/aromatic N) is 2. The molecule has 0 spiro atoms. The molecule has 0 bridgehead atoms. The van der Waals surface area contributed by atoms with Gasteiger partial charge in [0.05, 0.1) is 0 Å². The highest BCUT2D eigenvalue weighted by molar-refractivity contribution is 5.90. The molecule has 2 saturated carbocycles. The van der Waals surface area contributed by atoms with Crippen LogP contribution in [0.3, 0.4) is 0 Å². The molecule has 0 radical (unpaired) electrons. The molecular weight excluding hydrogens is 304 g/mol. The molecule has 6 heteroatoms. The second kappa shape index (κ2) is 9.55. The highest BCUT2D eigenvalue weighted by Gasteiger charge is 2.17. The van der Waals surface area contributed by atoms with E-state index in [1.165, 1.54) is 12.8 Å². The number of hydrazone groups is 2. The van der Waals surface area contributed by atoms with Crippen molar-refractivity contribution in [1.82, 2.24) is 10.9 Å². The summed E-state index contributed by atoms with van der Waals surface area (Å²) in [5.74, 6) is 0.453. The summed E-state index contributed by atoms with van der Waals surface area (Å²) in [4.78, 5) is 23.6. The van der Waals surface area contributed by atoms with Gasteiger partial charge in [0.2, 0.25) is 11.8 Å². The Morgan fingerprint density at radius 1 is 0.833 bits per heavy atom. The van der Waals surface area contributed by atoms with Crippen LogP contribution >= 0.6 is 0 Å². The average molecular weight is 334 g/mol. The Balaban J connectivity index is 1.68. The third-order valence-electron chi connectivity index (χ3n) is 5.01. The van der Waals surface area contributed by atoms with Crippen LogP contribution < -0.4 is 10.9 Å². The monoisotopic (exact) mass is 334 g/mol. The van der Waals surface area contributed by atoms with Gasteiger partial charge in [-0.05, 0) is 50.4 Å². The topological polar surface area (TPSA) is 82.9 Å². The molecule has 0 heterocycles. The van der Waals surface area contributed by atoms with E-state index in [1.807, 2.05) is 0 Å². The second-order valence-corrected chi connectivity index (χ2v) is 7.07. The van der Waals surface area contributed by atoms with Crippen molar-refractivity contribution >= 4 is 23.2 Å². The van der Waals surface area contributed by atoms with E-state index in [2.05, 4.69) is 34.9 Å². The summed E-state index contributed by atoms with van der Waals surface area (Å²) in [5.41, 5.74) is 7.30. The first-order valence-electron chi connectivity index (χ1n) is 9.27. The van der Waals surface area contributed by atoms with E-state index in [9.17, 15) is 9.59 Å². The Morgan fingerprint density at radius 2 is 1.25 bits per heavy atom. The first-order chi connectivity index (χ1) is 11.6. The fraction of sp³-hybridized carbons (Fsp3) is 0.778. The normalized spacial score (nSPS) is 27.9. The van der Waals surface area contributed by atoms with Crippen LogP contribution in [0.15, 0.2) is 10.2 Å². The summed E-state index contributed by atoms with van der Waals surface area (Å²) in [6, 6.07) is 0. The molecule has 0 aromatic heterocycles. The lowest BCUT2D eigenvalue weighted by Crippen LogP contribution is -2.27. The minimum absolute atomic E-state index is 0.136. The van der Waals surface area contributed by atoms with E-state index in [1.54, 1.807) is 0 Å². The highest BCUT2D eigenvalue weighted by atomic mass is 16.2. The van der Waals surface area contributed by atoms with Crippen LogP contribution in [0.5, 0.6) is 0 Å². The molecule has 2 rings (SSSR count). The summed E-state index contributed by atoms with van der Waals surface area (Å²) in [7, 11) is 0. The van der Waals surface area contributed by atoms with Gasteiger partial charge in [0, 0.05) is 24.3 Å². The lowest BCUT2D eigenvalue weighted by molar-refractivity contribution is -0.126. The Kier molecular flexibility index (Phi) is 7.40. The minimum atomic E-state index is -0.214. The van der Waals surface area contributed by atoms with E-state index in [0.717, 1.165) is 49.9 Å². The number of amides is 2. The number of carbonyl (C=O) groups is 2. The standard InChI is InChI=1S/C18H30N4O2/c1-13-7-3-5-9-15(13)19-21-17(23)11-12-18(24)22-20-16-10-6-4-8-14(16)2/h13-14H,3-12H2,1-2H3,(H,21,23)(H,22,24)/b19-15+,20-16+. The Bertz CT molecular complexity index is 467.